The molecule has 0 aliphatic rings. The Morgan fingerprint density at radius 1 is 1.44 bits per heavy atom. The minimum atomic E-state index is -4.41. The van der Waals surface area contributed by atoms with Gasteiger partial charge < -0.3 is 15.4 Å². The van der Waals surface area contributed by atoms with Crippen LogP contribution in [0.4, 0.5) is 13.2 Å². The first-order valence-corrected chi connectivity index (χ1v) is 4.92. The fraction of sp³-hybridized carbons (Fsp3) is 0.889. The van der Waals surface area contributed by atoms with E-state index in [4.69, 9.17) is 10.5 Å². The third-order valence-electron chi connectivity index (χ3n) is 1.66. The molecule has 0 fully saturated rings. The molecule has 16 heavy (non-hydrogen) atoms. The highest BCUT2D eigenvalue weighted by Gasteiger charge is 2.32. The van der Waals surface area contributed by atoms with E-state index in [1.807, 2.05) is 0 Å². The molecule has 0 unspecified atom stereocenters. The molecule has 2 N–H and O–H groups in total. The summed E-state index contributed by atoms with van der Waals surface area (Å²) in [4.78, 5) is 12.0. The second-order valence-electron chi connectivity index (χ2n) is 3.58. The van der Waals surface area contributed by atoms with Crippen LogP contribution in [0, 0.1) is 0 Å². The fourth-order valence-corrected chi connectivity index (χ4v) is 0.993. The van der Waals surface area contributed by atoms with E-state index < -0.39 is 18.6 Å². The first-order chi connectivity index (χ1) is 7.26. The largest absolute Gasteiger partial charge is 0.406 e. The molecule has 0 bridgehead atoms. The molecule has 0 aromatic rings. The summed E-state index contributed by atoms with van der Waals surface area (Å²) in [6, 6.07) is 0. The number of nitrogens with zero attached hydrogens (tertiary/aromatic N) is 1. The second-order valence-corrected chi connectivity index (χ2v) is 3.58. The average molecular weight is 242 g/mol. The smallest absolute Gasteiger partial charge is 0.369 e. The van der Waals surface area contributed by atoms with Gasteiger partial charge in [0.25, 0.3) is 0 Å². The minimum Gasteiger partial charge on any atom is -0.369 e. The molecular weight excluding hydrogens is 225 g/mol. The summed E-state index contributed by atoms with van der Waals surface area (Å²) in [5.41, 5.74) is 5.14. The Balaban J connectivity index is 4.24. The third kappa shape index (κ3) is 7.47. The van der Waals surface area contributed by atoms with Gasteiger partial charge in [-0.1, -0.05) is 0 Å². The maximum atomic E-state index is 12.1. The van der Waals surface area contributed by atoms with Crippen LogP contribution in [0.3, 0.4) is 0 Å². The van der Waals surface area contributed by atoms with E-state index in [9.17, 15) is 18.0 Å². The first-order valence-electron chi connectivity index (χ1n) is 4.92. The summed E-state index contributed by atoms with van der Waals surface area (Å²) in [6.07, 6.45) is -4.61. The van der Waals surface area contributed by atoms with Crippen molar-refractivity contribution in [2.24, 2.45) is 5.73 Å². The Kier molecular flexibility index (Phi) is 6.35. The molecule has 96 valence electrons. The number of amides is 1. The average Bonchev–Trinajstić information content (AvgIpc) is 2.11. The van der Waals surface area contributed by atoms with Crippen LogP contribution in [0.25, 0.3) is 0 Å². The van der Waals surface area contributed by atoms with Crippen molar-refractivity contribution < 1.29 is 22.7 Å². The lowest BCUT2D eigenvalue weighted by Gasteiger charge is -2.23. The van der Waals surface area contributed by atoms with Gasteiger partial charge in [-0.15, -0.1) is 0 Å². The number of halogens is 3. The van der Waals surface area contributed by atoms with Gasteiger partial charge >= 0.3 is 6.18 Å². The summed E-state index contributed by atoms with van der Waals surface area (Å²) in [7, 11) is 0. The predicted octanol–water partition coefficient (Wildman–Crippen LogP) is 0.761. The zero-order valence-corrected chi connectivity index (χ0v) is 9.38. The maximum absolute atomic E-state index is 12.1. The van der Waals surface area contributed by atoms with Gasteiger partial charge in [-0.3, -0.25) is 4.79 Å². The molecule has 4 nitrogen and oxygen atoms in total. The van der Waals surface area contributed by atoms with E-state index in [0.717, 1.165) is 0 Å². The van der Waals surface area contributed by atoms with Crippen molar-refractivity contribution in [1.29, 1.82) is 0 Å². The van der Waals surface area contributed by atoms with Crippen molar-refractivity contribution in [3.63, 3.8) is 0 Å². The lowest BCUT2D eigenvalue weighted by Crippen LogP contribution is -2.43. The van der Waals surface area contributed by atoms with Gasteiger partial charge in [0.1, 0.15) is 13.2 Å². The molecule has 0 spiro atoms. The van der Waals surface area contributed by atoms with Gasteiger partial charge in [0.05, 0.1) is 6.10 Å². The van der Waals surface area contributed by atoms with Gasteiger partial charge in [0, 0.05) is 13.1 Å². The zero-order chi connectivity index (χ0) is 12.8. The van der Waals surface area contributed by atoms with Gasteiger partial charge in [-0.05, 0) is 13.8 Å². The van der Waals surface area contributed by atoms with Gasteiger partial charge in [-0.2, -0.15) is 13.2 Å². The Hall–Kier alpha value is -0.820. The van der Waals surface area contributed by atoms with Crippen LogP contribution in [-0.2, 0) is 9.53 Å². The molecule has 0 aliphatic heterocycles. The summed E-state index contributed by atoms with van der Waals surface area (Å²) < 4.78 is 41.3. The molecule has 0 saturated carbocycles. The highest BCUT2D eigenvalue weighted by Crippen LogP contribution is 2.16. The monoisotopic (exact) mass is 242 g/mol. The molecule has 7 heteroatoms. The van der Waals surface area contributed by atoms with Gasteiger partial charge in [0.2, 0.25) is 5.91 Å². The van der Waals surface area contributed by atoms with Crippen LogP contribution in [0.15, 0.2) is 0 Å². The Morgan fingerprint density at radius 3 is 2.38 bits per heavy atom. The summed E-state index contributed by atoms with van der Waals surface area (Å²) in [5.74, 6) is -0.698. The van der Waals surface area contributed by atoms with E-state index in [0.29, 0.717) is 4.90 Å². The van der Waals surface area contributed by atoms with Gasteiger partial charge in [0.15, 0.2) is 0 Å². The molecule has 0 aliphatic carbocycles. The quantitative estimate of drug-likeness (QED) is 0.748. The highest BCUT2D eigenvalue weighted by molar-refractivity contribution is 5.77. The zero-order valence-electron chi connectivity index (χ0n) is 9.38. The number of hydrogen-bond acceptors (Lipinski definition) is 3. The standard InChI is InChI=1S/C9H17F3N2O2/c1-7(2)16-5-8(15)14(4-3-13)6-9(10,11)12/h7H,3-6,13H2,1-2H3. The molecule has 0 aromatic carbocycles. The highest BCUT2D eigenvalue weighted by atomic mass is 19.4. The van der Waals surface area contributed by atoms with E-state index in [-0.39, 0.29) is 25.8 Å². The van der Waals surface area contributed by atoms with E-state index in [1.165, 1.54) is 0 Å². The van der Waals surface area contributed by atoms with Crippen LogP contribution >= 0.6 is 0 Å². The minimum absolute atomic E-state index is 0.0104. The van der Waals surface area contributed by atoms with Crippen molar-refractivity contribution in [3.8, 4) is 0 Å². The summed E-state index contributed by atoms with van der Waals surface area (Å²) >= 11 is 0. The number of hydrogen-bond donors (Lipinski definition) is 1. The predicted molar refractivity (Wildman–Crippen MR) is 52.8 cm³/mol. The number of carbonyl (C=O) groups is 1. The van der Waals surface area contributed by atoms with Crippen molar-refractivity contribution in [2.75, 3.05) is 26.2 Å². The summed E-state index contributed by atoms with van der Waals surface area (Å²) in [6.45, 7) is 1.62. The van der Waals surface area contributed by atoms with E-state index in [1.54, 1.807) is 13.8 Å². The first kappa shape index (κ1) is 15.2. The van der Waals surface area contributed by atoms with Crippen LogP contribution in [0.2, 0.25) is 0 Å². The van der Waals surface area contributed by atoms with Crippen molar-refractivity contribution in [3.05, 3.63) is 0 Å². The van der Waals surface area contributed by atoms with Gasteiger partial charge in [-0.25, -0.2) is 0 Å². The summed E-state index contributed by atoms with van der Waals surface area (Å²) in [5, 5.41) is 0. The molecule has 0 atom stereocenters. The normalized spacial score (nSPS) is 11.9. The Morgan fingerprint density at radius 2 is 2.00 bits per heavy atom. The molecule has 1 amide bonds. The van der Waals surface area contributed by atoms with Crippen LogP contribution in [0.1, 0.15) is 13.8 Å². The Labute approximate surface area is 92.5 Å². The Bertz CT molecular complexity index is 219. The maximum Gasteiger partial charge on any atom is 0.406 e. The molecule has 0 saturated heterocycles. The SMILES string of the molecule is CC(C)OCC(=O)N(CCN)CC(F)(F)F. The topological polar surface area (TPSA) is 55.6 Å². The molecule has 0 heterocycles. The molecule has 0 radical (unpaired) electrons. The second kappa shape index (κ2) is 6.70. The number of carbonyl (C=O) groups excluding carboxylic acids is 1. The molecule has 0 rings (SSSR count). The number of ether oxygens (including phenoxy) is 1. The fourth-order valence-electron chi connectivity index (χ4n) is 0.993. The van der Waals surface area contributed by atoms with Crippen molar-refractivity contribution in [1.82, 2.24) is 4.90 Å². The number of nitrogens with two attached hydrogens (primary N) is 1. The number of rotatable bonds is 6. The lowest BCUT2D eigenvalue weighted by molar-refractivity contribution is -0.164. The van der Waals surface area contributed by atoms with Crippen molar-refractivity contribution in [2.45, 2.75) is 26.1 Å². The number of alkyl halides is 3. The molecular formula is C9H17F3N2O2. The van der Waals surface area contributed by atoms with Crippen LogP contribution in [0.5, 0.6) is 0 Å². The molecule has 0 aromatic heterocycles. The third-order valence-corrected chi connectivity index (χ3v) is 1.66. The van der Waals surface area contributed by atoms with Crippen molar-refractivity contribution >= 4 is 5.91 Å². The van der Waals surface area contributed by atoms with E-state index >= 15 is 0 Å². The van der Waals surface area contributed by atoms with Crippen LogP contribution < -0.4 is 5.73 Å². The lowest BCUT2D eigenvalue weighted by atomic mass is 10.4. The van der Waals surface area contributed by atoms with Crippen LogP contribution in [-0.4, -0.2) is 49.3 Å². The van der Waals surface area contributed by atoms with E-state index in [2.05, 4.69) is 0 Å².